The lowest BCUT2D eigenvalue weighted by Gasteiger charge is -2.12. The fraction of sp³-hybridized carbons (Fsp3) is 0.333. The molecule has 0 aliphatic rings. The van der Waals surface area contributed by atoms with Crippen LogP contribution in [-0.4, -0.2) is 15.1 Å². The van der Waals surface area contributed by atoms with Gasteiger partial charge in [0.15, 0.2) is 5.16 Å². The largest absolute Gasteiger partial charge is 0.389 e. The maximum absolute atomic E-state index is 14.0. The van der Waals surface area contributed by atoms with E-state index in [4.69, 9.17) is 0 Å². The van der Waals surface area contributed by atoms with Gasteiger partial charge in [0.25, 0.3) is 0 Å². The third-order valence-electron chi connectivity index (χ3n) is 3.25. The van der Waals surface area contributed by atoms with Crippen LogP contribution in [0.4, 0.5) is 4.39 Å². The second-order valence-corrected chi connectivity index (χ2v) is 5.72. The molecule has 0 radical (unpaired) electrons. The molecule has 0 amide bonds. The van der Waals surface area contributed by atoms with E-state index < -0.39 is 6.10 Å². The number of benzene rings is 1. The number of rotatable bonds is 3. The Morgan fingerprint density at radius 1 is 1.15 bits per heavy atom. The molecular formula is C15H17FN2OS. The fourth-order valence-corrected chi connectivity index (χ4v) is 2.91. The van der Waals surface area contributed by atoms with Crippen LogP contribution in [0.3, 0.4) is 0 Å². The number of hydrogen-bond donors (Lipinski definition) is 1. The van der Waals surface area contributed by atoms with E-state index >= 15 is 0 Å². The average molecular weight is 292 g/mol. The van der Waals surface area contributed by atoms with E-state index in [1.807, 2.05) is 20.8 Å². The number of aryl methyl sites for hydroxylation is 2. The molecule has 0 saturated heterocycles. The van der Waals surface area contributed by atoms with Gasteiger partial charge in [-0.2, -0.15) is 0 Å². The monoisotopic (exact) mass is 292 g/mol. The molecule has 20 heavy (non-hydrogen) atoms. The molecular weight excluding hydrogens is 275 g/mol. The van der Waals surface area contributed by atoms with Crippen molar-refractivity contribution in [3.8, 4) is 0 Å². The summed E-state index contributed by atoms with van der Waals surface area (Å²) in [5.74, 6) is -0.368. The molecule has 1 heterocycles. The molecule has 106 valence electrons. The molecule has 0 unspecified atom stereocenters. The van der Waals surface area contributed by atoms with Gasteiger partial charge in [0, 0.05) is 11.4 Å². The number of aliphatic hydroxyl groups is 1. The maximum atomic E-state index is 14.0. The fourth-order valence-electron chi connectivity index (χ4n) is 1.84. The zero-order valence-corrected chi connectivity index (χ0v) is 12.8. The van der Waals surface area contributed by atoms with Crippen molar-refractivity contribution in [3.63, 3.8) is 0 Å². The molecule has 3 nitrogen and oxygen atoms in total. The molecule has 0 aliphatic carbocycles. The molecule has 0 spiro atoms. The van der Waals surface area contributed by atoms with Crippen molar-refractivity contribution in [2.75, 3.05) is 0 Å². The summed E-state index contributed by atoms with van der Waals surface area (Å²) in [6.45, 7) is 7.39. The Morgan fingerprint density at radius 2 is 1.75 bits per heavy atom. The van der Waals surface area contributed by atoms with Crippen LogP contribution >= 0.6 is 11.8 Å². The number of nitrogens with zero attached hydrogens (tertiary/aromatic N) is 2. The summed E-state index contributed by atoms with van der Waals surface area (Å²) < 4.78 is 14.0. The van der Waals surface area contributed by atoms with Crippen molar-refractivity contribution >= 4 is 11.8 Å². The summed E-state index contributed by atoms with van der Waals surface area (Å²) in [6.07, 6.45) is -0.735. The van der Waals surface area contributed by atoms with Crippen LogP contribution in [0.1, 0.15) is 35.5 Å². The quantitative estimate of drug-likeness (QED) is 0.875. The Bertz CT molecular complexity index is 621. The van der Waals surface area contributed by atoms with E-state index in [0.29, 0.717) is 15.6 Å². The maximum Gasteiger partial charge on any atom is 0.193 e. The minimum atomic E-state index is -0.735. The lowest BCUT2D eigenvalue weighted by molar-refractivity contribution is 0.195. The predicted molar refractivity (Wildman–Crippen MR) is 77.4 cm³/mol. The van der Waals surface area contributed by atoms with Crippen LogP contribution in [0.5, 0.6) is 0 Å². The summed E-state index contributed by atoms with van der Waals surface area (Å²) in [6, 6.07) is 4.68. The Morgan fingerprint density at radius 3 is 2.30 bits per heavy atom. The van der Waals surface area contributed by atoms with E-state index in [1.165, 1.54) is 6.07 Å². The van der Waals surface area contributed by atoms with Gasteiger partial charge in [0.2, 0.25) is 0 Å². The summed E-state index contributed by atoms with van der Waals surface area (Å²) in [4.78, 5) is 9.13. The average Bonchev–Trinajstić information content (AvgIpc) is 2.38. The van der Waals surface area contributed by atoms with Crippen molar-refractivity contribution in [3.05, 3.63) is 46.5 Å². The molecule has 2 aromatic rings. The van der Waals surface area contributed by atoms with Gasteiger partial charge >= 0.3 is 0 Å². The SMILES string of the molecule is Cc1nc(Sc2c(F)cccc2[C@@H](C)O)nc(C)c1C. The molecule has 5 heteroatoms. The standard InChI is InChI=1S/C15H17FN2OS/c1-8-9(2)17-15(18-10(8)3)20-14-12(11(4)19)6-5-7-13(14)16/h5-7,11,19H,1-4H3/t11-/m1/s1. The molecule has 1 aromatic heterocycles. The zero-order chi connectivity index (χ0) is 14.9. The summed E-state index contributed by atoms with van der Waals surface area (Å²) in [7, 11) is 0. The van der Waals surface area contributed by atoms with Crippen LogP contribution in [-0.2, 0) is 0 Å². The van der Waals surface area contributed by atoms with E-state index in [2.05, 4.69) is 9.97 Å². The highest BCUT2D eigenvalue weighted by Gasteiger charge is 2.16. The molecule has 1 atom stereocenters. The molecule has 0 aliphatic heterocycles. The molecule has 1 N–H and O–H groups in total. The lowest BCUT2D eigenvalue weighted by Crippen LogP contribution is -2.00. The molecule has 0 saturated carbocycles. The predicted octanol–water partition coefficient (Wildman–Crippen LogP) is 3.75. The molecule has 2 rings (SSSR count). The van der Waals surface area contributed by atoms with Crippen LogP contribution < -0.4 is 0 Å². The van der Waals surface area contributed by atoms with Crippen molar-refractivity contribution < 1.29 is 9.50 Å². The van der Waals surface area contributed by atoms with Crippen LogP contribution in [0.15, 0.2) is 28.3 Å². The normalized spacial score (nSPS) is 12.5. The Labute approximate surface area is 122 Å². The lowest BCUT2D eigenvalue weighted by atomic mass is 10.1. The van der Waals surface area contributed by atoms with E-state index in [9.17, 15) is 9.50 Å². The van der Waals surface area contributed by atoms with Crippen molar-refractivity contribution in [2.24, 2.45) is 0 Å². The molecule has 1 aromatic carbocycles. The topological polar surface area (TPSA) is 46.0 Å². The van der Waals surface area contributed by atoms with Gasteiger partial charge in [-0.1, -0.05) is 12.1 Å². The van der Waals surface area contributed by atoms with Gasteiger partial charge in [-0.15, -0.1) is 0 Å². The highest BCUT2D eigenvalue weighted by atomic mass is 32.2. The van der Waals surface area contributed by atoms with Gasteiger partial charge in [-0.25, -0.2) is 14.4 Å². The van der Waals surface area contributed by atoms with Crippen molar-refractivity contribution in [1.29, 1.82) is 0 Å². The van der Waals surface area contributed by atoms with E-state index in [0.717, 1.165) is 28.7 Å². The van der Waals surface area contributed by atoms with Gasteiger partial charge in [-0.05, 0) is 56.7 Å². The second-order valence-electron chi connectivity index (χ2n) is 4.74. The first-order chi connectivity index (χ1) is 9.40. The number of aromatic nitrogens is 2. The first kappa shape index (κ1) is 14.9. The first-order valence-corrected chi connectivity index (χ1v) is 7.18. The van der Waals surface area contributed by atoms with Gasteiger partial charge in [-0.3, -0.25) is 0 Å². The number of halogens is 1. The minimum absolute atomic E-state index is 0.368. The smallest absolute Gasteiger partial charge is 0.193 e. The minimum Gasteiger partial charge on any atom is -0.389 e. The van der Waals surface area contributed by atoms with Crippen LogP contribution in [0.2, 0.25) is 0 Å². The van der Waals surface area contributed by atoms with Crippen molar-refractivity contribution in [1.82, 2.24) is 9.97 Å². The van der Waals surface area contributed by atoms with Gasteiger partial charge in [0.1, 0.15) is 5.82 Å². The van der Waals surface area contributed by atoms with Gasteiger partial charge in [0.05, 0.1) is 11.0 Å². The number of aliphatic hydroxyl groups excluding tert-OH is 1. The van der Waals surface area contributed by atoms with Crippen LogP contribution in [0.25, 0.3) is 0 Å². The van der Waals surface area contributed by atoms with E-state index in [1.54, 1.807) is 19.1 Å². The number of hydrogen-bond acceptors (Lipinski definition) is 4. The zero-order valence-electron chi connectivity index (χ0n) is 11.9. The van der Waals surface area contributed by atoms with Gasteiger partial charge < -0.3 is 5.11 Å². The Kier molecular flexibility index (Phi) is 4.40. The van der Waals surface area contributed by atoms with Crippen molar-refractivity contribution in [2.45, 2.75) is 43.9 Å². The molecule has 0 bridgehead atoms. The third-order valence-corrected chi connectivity index (χ3v) is 4.25. The first-order valence-electron chi connectivity index (χ1n) is 6.36. The van der Waals surface area contributed by atoms with E-state index in [-0.39, 0.29) is 5.82 Å². The highest BCUT2D eigenvalue weighted by molar-refractivity contribution is 7.99. The summed E-state index contributed by atoms with van der Waals surface area (Å²) in [5, 5.41) is 10.2. The Hall–Kier alpha value is -1.46. The second kappa shape index (κ2) is 5.89. The Balaban J connectivity index is 2.45. The highest BCUT2D eigenvalue weighted by Crippen LogP contribution is 2.34. The molecule has 0 fully saturated rings. The summed E-state index contributed by atoms with van der Waals surface area (Å²) in [5.41, 5.74) is 3.36. The third kappa shape index (κ3) is 2.99. The van der Waals surface area contributed by atoms with Crippen LogP contribution in [0, 0.1) is 26.6 Å². The summed E-state index contributed by atoms with van der Waals surface area (Å²) >= 11 is 1.15.